The molecule has 1 aromatic carbocycles. The van der Waals surface area contributed by atoms with Crippen molar-refractivity contribution in [2.75, 3.05) is 11.4 Å². The van der Waals surface area contributed by atoms with Crippen LogP contribution in [0.4, 0.5) is 10.1 Å². The molecule has 0 saturated heterocycles. The van der Waals surface area contributed by atoms with Gasteiger partial charge in [-0.3, -0.25) is 4.31 Å². The molecule has 1 aromatic heterocycles. The minimum atomic E-state index is -3.80. The topological polar surface area (TPSA) is 53.2 Å². The van der Waals surface area contributed by atoms with Gasteiger partial charge in [-0.2, -0.15) is 0 Å². The predicted octanol–water partition coefficient (Wildman–Crippen LogP) is 2.72. The minimum Gasteiger partial charge on any atom is -0.363 e. The summed E-state index contributed by atoms with van der Waals surface area (Å²) < 4.78 is 39.1. The van der Waals surface area contributed by atoms with E-state index in [4.69, 9.17) is 11.6 Å². The Kier molecular flexibility index (Phi) is 3.82. The first-order chi connectivity index (χ1) is 8.96. The molecule has 0 unspecified atom stereocenters. The lowest BCUT2D eigenvalue weighted by Crippen LogP contribution is -2.27. The first-order valence-electron chi connectivity index (χ1n) is 5.43. The van der Waals surface area contributed by atoms with Gasteiger partial charge in [0.05, 0.1) is 11.6 Å². The lowest BCUT2D eigenvalue weighted by atomic mass is 10.3. The van der Waals surface area contributed by atoms with Gasteiger partial charge in [0, 0.05) is 18.9 Å². The number of nitrogens with one attached hydrogen (secondary N) is 1. The van der Waals surface area contributed by atoms with Crippen molar-refractivity contribution in [1.29, 1.82) is 0 Å². The second-order valence-electron chi connectivity index (χ2n) is 3.92. The van der Waals surface area contributed by atoms with Crippen molar-refractivity contribution >= 4 is 27.3 Å². The second kappa shape index (κ2) is 5.22. The van der Waals surface area contributed by atoms with Crippen LogP contribution in [0.15, 0.2) is 41.4 Å². The molecule has 0 aliphatic heterocycles. The van der Waals surface area contributed by atoms with Crippen molar-refractivity contribution in [1.82, 2.24) is 4.98 Å². The number of alkyl halides is 1. The average molecular weight is 303 g/mol. The highest BCUT2D eigenvalue weighted by Crippen LogP contribution is 2.24. The predicted molar refractivity (Wildman–Crippen MR) is 72.3 cm³/mol. The van der Waals surface area contributed by atoms with Gasteiger partial charge >= 0.3 is 0 Å². The Bertz CT molecular complexity index is 685. The number of anilines is 1. The van der Waals surface area contributed by atoms with Crippen LogP contribution in [0.1, 0.15) is 5.69 Å². The van der Waals surface area contributed by atoms with Gasteiger partial charge in [0.1, 0.15) is 10.7 Å². The molecule has 7 heteroatoms. The third kappa shape index (κ3) is 2.59. The molecule has 0 radical (unpaired) electrons. The summed E-state index contributed by atoms with van der Waals surface area (Å²) in [5, 5.41) is 0. The number of aromatic nitrogens is 1. The van der Waals surface area contributed by atoms with Gasteiger partial charge < -0.3 is 4.98 Å². The summed E-state index contributed by atoms with van der Waals surface area (Å²) in [5.41, 5.74) is 0.582. The fourth-order valence-corrected chi connectivity index (χ4v) is 3.02. The third-order valence-corrected chi connectivity index (χ3v) is 4.75. The third-order valence-electron chi connectivity index (χ3n) is 2.71. The highest BCUT2D eigenvalue weighted by atomic mass is 35.5. The van der Waals surface area contributed by atoms with Gasteiger partial charge in [-0.15, -0.1) is 11.6 Å². The summed E-state index contributed by atoms with van der Waals surface area (Å²) in [5.74, 6) is -0.416. The maximum Gasteiger partial charge on any atom is 0.265 e. The molecule has 0 saturated carbocycles. The molecule has 102 valence electrons. The van der Waals surface area contributed by atoms with Crippen molar-refractivity contribution in [2.24, 2.45) is 0 Å². The van der Waals surface area contributed by atoms with E-state index < -0.39 is 15.8 Å². The summed E-state index contributed by atoms with van der Waals surface area (Å²) in [6, 6.07) is 7.12. The van der Waals surface area contributed by atoms with Gasteiger partial charge in [-0.05, 0) is 18.2 Å². The van der Waals surface area contributed by atoms with Crippen LogP contribution in [-0.4, -0.2) is 20.4 Å². The summed E-state index contributed by atoms with van der Waals surface area (Å²) in [4.78, 5) is 2.80. The Morgan fingerprint density at radius 2 is 2.05 bits per heavy atom. The largest absolute Gasteiger partial charge is 0.363 e. The van der Waals surface area contributed by atoms with Crippen LogP contribution < -0.4 is 4.31 Å². The number of benzene rings is 1. The number of aromatic amines is 1. The van der Waals surface area contributed by atoms with E-state index in [0.717, 1.165) is 4.31 Å². The molecule has 0 aliphatic carbocycles. The average Bonchev–Trinajstić information content (AvgIpc) is 2.88. The maximum absolute atomic E-state index is 13.6. The molecule has 0 bridgehead atoms. The van der Waals surface area contributed by atoms with Crippen LogP contribution >= 0.6 is 11.6 Å². The Morgan fingerprint density at radius 1 is 1.37 bits per heavy atom. The molecule has 0 fully saturated rings. The van der Waals surface area contributed by atoms with Crippen molar-refractivity contribution in [3.05, 3.63) is 48.0 Å². The Balaban J connectivity index is 2.42. The van der Waals surface area contributed by atoms with E-state index in [1.54, 1.807) is 6.07 Å². The lowest BCUT2D eigenvalue weighted by Gasteiger charge is -2.19. The minimum absolute atomic E-state index is 0.00359. The molecule has 19 heavy (non-hydrogen) atoms. The molecule has 1 N–H and O–H groups in total. The quantitative estimate of drug-likeness (QED) is 0.883. The van der Waals surface area contributed by atoms with Crippen molar-refractivity contribution in [2.45, 2.75) is 10.8 Å². The molecular weight excluding hydrogens is 291 g/mol. The van der Waals surface area contributed by atoms with Crippen LogP contribution in [0.5, 0.6) is 0 Å². The van der Waals surface area contributed by atoms with E-state index >= 15 is 0 Å². The zero-order chi connectivity index (χ0) is 14.0. The summed E-state index contributed by atoms with van der Waals surface area (Å²) in [6.45, 7) is 0. The molecule has 0 aliphatic rings. The summed E-state index contributed by atoms with van der Waals surface area (Å²) in [6.07, 6.45) is 1.34. The van der Waals surface area contributed by atoms with E-state index in [1.165, 1.54) is 37.5 Å². The van der Waals surface area contributed by atoms with Gasteiger partial charge in [-0.25, -0.2) is 12.8 Å². The number of para-hydroxylation sites is 1. The van der Waals surface area contributed by atoms with Crippen molar-refractivity contribution in [3.8, 4) is 0 Å². The van der Waals surface area contributed by atoms with Crippen LogP contribution in [0.2, 0.25) is 0 Å². The second-order valence-corrected chi connectivity index (χ2v) is 6.15. The molecular formula is C12H12ClFN2O2S. The Hall–Kier alpha value is -1.53. The number of rotatable bonds is 4. The summed E-state index contributed by atoms with van der Waals surface area (Å²) >= 11 is 5.61. The molecule has 2 aromatic rings. The molecule has 4 nitrogen and oxygen atoms in total. The van der Waals surface area contributed by atoms with Crippen LogP contribution in [0.3, 0.4) is 0 Å². The van der Waals surface area contributed by atoms with Gasteiger partial charge in [0.2, 0.25) is 0 Å². The highest BCUT2D eigenvalue weighted by Gasteiger charge is 2.24. The van der Waals surface area contributed by atoms with Crippen LogP contribution in [0.25, 0.3) is 0 Å². The maximum atomic E-state index is 13.6. The first-order valence-corrected chi connectivity index (χ1v) is 7.41. The molecule has 1 heterocycles. The highest BCUT2D eigenvalue weighted by molar-refractivity contribution is 7.92. The van der Waals surface area contributed by atoms with E-state index in [0.29, 0.717) is 5.69 Å². The Labute approximate surface area is 115 Å². The SMILES string of the molecule is CN(c1ccccc1F)S(=O)(=O)c1c[nH]c(CCl)c1. The molecule has 2 rings (SSSR count). The molecule has 0 atom stereocenters. The number of nitrogens with zero attached hydrogens (tertiary/aromatic N) is 1. The van der Waals surface area contributed by atoms with E-state index in [1.807, 2.05) is 0 Å². The van der Waals surface area contributed by atoms with E-state index in [-0.39, 0.29) is 16.5 Å². The van der Waals surface area contributed by atoms with E-state index in [2.05, 4.69) is 4.98 Å². The fourth-order valence-electron chi connectivity index (χ4n) is 1.64. The monoisotopic (exact) mass is 302 g/mol. The normalized spacial score (nSPS) is 11.5. The zero-order valence-corrected chi connectivity index (χ0v) is 11.7. The zero-order valence-electron chi connectivity index (χ0n) is 10.1. The van der Waals surface area contributed by atoms with E-state index in [9.17, 15) is 12.8 Å². The van der Waals surface area contributed by atoms with Gasteiger partial charge in [0.25, 0.3) is 10.0 Å². The number of sulfonamides is 1. The standard InChI is InChI=1S/C12H12ClFN2O2S/c1-16(12-5-3-2-4-11(12)14)19(17,18)10-6-9(7-13)15-8-10/h2-6,8,15H,7H2,1H3. The lowest BCUT2D eigenvalue weighted by molar-refractivity contribution is 0.590. The Morgan fingerprint density at radius 3 is 2.63 bits per heavy atom. The van der Waals surface area contributed by atoms with Crippen molar-refractivity contribution in [3.63, 3.8) is 0 Å². The number of halogens is 2. The smallest absolute Gasteiger partial charge is 0.265 e. The number of hydrogen-bond donors (Lipinski definition) is 1. The van der Waals surface area contributed by atoms with Crippen molar-refractivity contribution < 1.29 is 12.8 Å². The van der Waals surface area contributed by atoms with Crippen LogP contribution in [-0.2, 0) is 15.9 Å². The molecule has 0 amide bonds. The van der Waals surface area contributed by atoms with Crippen LogP contribution in [0, 0.1) is 5.82 Å². The number of H-pyrrole nitrogens is 1. The summed E-state index contributed by atoms with van der Waals surface area (Å²) in [7, 11) is -2.49. The first kappa shape index (κ1) is 13.9. The molecule has 0 spiro atoms. The van der Waals surface area contributed by atoms with Gasteiger partial charge in [-0.1, -0.05) is 12.1 Å². The van der Waals surface area contributed by atoms with Gasteiger partial charge in [0.15, 0.2) is 0 Å². The fraction of sp³-hybridized carbons (Fsp3) is 0.167. The number of hydrogen-bond acceptors (Lipinski definition) is 2.